The van der Waals surface area contributed by atoms with E-state index < -0.39 is 6.10 Å². The molecule has 134 valence electrons. The zero-order valence-electron chi connectivity index (χ0n) is 15.9. The van der Waals surface area contributed by atoms with E-state index in [0.717, 1.165) is 28.9 Å². The maximum atomic E-state index is 12.6. The molecule has 1 amide bonds. The van der Waals surface area contributed by atoms with Gasteiger partial charge in [0, 0.05) is 0 Å². The molecule has 0 aliphatic heterocycles. The topological polar surface area (TPSA) is 38.3 Å². The van der Waals surface area contributed by atoms with Crippen molar-refractivity contribution in [3.05, 3.63) is 64.7 Å². The van der Waals surface area contributed by atoms with E-state index in [9.17, 15) is 4.79 Å². The summed E-state index contributed by atoms with van der Waals surface area (Å²) in [6, 6.07) is 14.3. The SMILES string of the molecule is CCc1ccc([C@H](C)NC(=O)[C@@H](CC)Oc2cccc(C)c2C)cc1. The zero-order valence-corrected chi connectivity index (χ0v) is 15.9. The number of benzene rings is 2. The molecule has 0 fully saturated rings. The van der Waals surface area contributed by atoms with Gasteiger partial charge >= 0.3 is 0 Å². The van der Waals surface area contributed by atoms with E-state index in [1.807, 2.05) is 45.9 Å². The van der Waals surface area contributed by atoms with Crippen LogP contribution in [0.15, 0.2) is 42.5 Å². The Bertz CT molecular complexity index is 706. The maximum absolute atomic E-state index is 12.6. The number of carbonyl (C=O) groups is 1. The summed E-state index contributed by atoms with van der Waals surface area (Å²) < 4.78 is 6.00. The van der Waals surface area contributed by atoms with Crippen molar-refractivity contribution in [3.63, 3.8) is 0 Å². The van der Waals surface area contributed by atoms with Crippen molar-refractivity contribution < 1.29 is 9.53 Å². The van der Waals surface area contributed by atoms with Crippen molar-refractivity contribution >= 4 is 5.91 Å². The highest BCUT2D eigenvalue weighted by Gasteiger charge is 2.21. The summed E-state index contributed by atoms with van der Waals surface area (Å²) in [4.78, 5) is 12.6. The molecule has 0 spiro atoms. The molecule has 25 heavy (non-hydrogen) atoms. The van der Waals surface area contributed by atoms with Gasteiger partial charge in [-0.2, -0.15) is 0 Å². The van der Waals surface area contributed by atoms with Crippen LogP contribution in [0.1, 0.15) is 55.5 Å². The highest BCUT2D eigenvalue weighted by Crippen LogP contribution is 2.23. The first-order valence-corrected chi connectivity index (χ1v) is 9.08. The Morgan fingerprint density at radius 3 is 2.36 bits per heavy atom. The average Bonchev–Trinajstić information content (AvgIpc) is 2.62. The summed E-state index contributed by atoms with van der Waals surface area (Å²) >= 11 is 0. The van der Waals surface area contributed by atoms with Crippen LogP contribution in [0.5, 0.6) is 5.75 Å². The standard InChI is InChI=1S/C22H29NO2/c1-6-18-11-13-19(14-12-18)17(5)23-22(24)20(7-2)25-21-10-8-9-15(3)16(21)4/h8-14,17,20H,6-7H2,1-5H3,(H,23,24)/t17-,20+/m0/s1. The summed E-state index contributed by atoms with van der Waals surface area (Å²) in [6.07, 6.45) is 1.15. The van der Waals surface area contributed by atoms with Crippen molar-refractivity contribution in [3.8, 4) is 5.75 Å². The van der Waals surface area contributed by atoms with E-state index in [4.69, 9.17) is 4.74 Å². The summed E-state index contributed by atoms with van der Waals surface area (Å²) in [5.41, 5.74) is 4.65. The summed E-state index contributed by atoms with van der Waals surface area (Å²) in [6.45, 7) is 10.2. The highest BCUT2D eigenvalue weighted by atomic mass is 16.5. The van der Waals surface area contributed by atoms with Gasteiger partial charge in [0.25, 0.3) is 5.91 Å². The molecule has 2 rings (SSSR count). The molecule has 3 heteroatoms. The Morgan fingerprint density at radius 2 is 1.76 bits per heavy atom. The Balaban J connectivity index is 2.04. The lowest BCUT2D eigenvalue weighted by molar-refractivity contribution is -0.128. The molecule has 0 radical (unpaired) electrons. The molecular formula is C22H29NO2. The van der Waals surface area contributed by atoms with Crippen LogP contribution in [-0.4, -0.2) is 12.0 Å². The number of hydrogen-bond donors (Lipinski definition) is 1. The molecule has 2 atom stereocenters. The van der Waals surface area contributed by atoms with Gasteiger partial charge in [-0.1, -0.05) is 50.2 Å². The van der Waals surface area contributed by atoms with Gasteiger partial charge in [0.15, 0.2) is 6.10 Å². The van der Waals surface area contributed by atoms with Crippen molar-refractivity contribution in [1.82, 2.24) is 5.32 Å². The second-order valence-electron chi connectivity index (χ2n) is 6.54. The molecule has 0 saturated heterocycles. The van der Waals surface area contributed by atoms with Crippen LogP contribution < -0.4 is 10.1 Å². The molecule has 2 aromatic carbocycles. The van der Waals surface area contributed by atoms with E-state index >= 15 is 0 Å². The van der Waals surface area contributed by atoms with E-state index in [0.29, 0.717) is 6.42 Å². The normalized spacial score (nSPS) is 13.2. The Kier molecular flexibility index (Phi) is 6.63. The molecule has 0 unspecified atom stereocenters. The number of aryl methyl sites for hydroxylation is 2. The minimum atomic E-state index is -0.488. The maximum Gasteiger partial charge on any atom is 0.261 e. The number of nitrogens with one attached hydrogen (secondary N) is 1. The third-order valence-electron chi connectivity index (χ3n) is 4.73. The minimum absolute atomic E-state index is 0.0466. The van der Waals surface area contributed by atoms with Gasteiger partial charge < -0.3 is 10.1 Å². The smallest absolute Gasteiger partial charge is 0.261 e. The van der Waals surface area contributed by atoms with Gasteiger partial charge in [0.2, 0.25) is 0 Å². The quantitative estimate of drug-likeness (QED) is 0.779. The lowest BCUT2D eigenvalue weighted by atomic mass is 10.0. The zero-order chi connectivity index (χ0) is 18.4. The first-order valence-electron chi connectivity index (χ1n) is 9.08. The summed E-state index contributed by atoms with van der Waals surface area (Å²) in [5.74, 6) is 0.706. The Morgan fingerprint density at radius 1 is 1.08 bits per heavy atom. The fourth-order valence-corrected chi connectivity index (χ4v) is 2.76. The van der Waals surface area contributed by atoms with Crippen LogP contribution in [0.25, 0.3) is 0 Å². The fourth-order valence-electron chi connectivity index (χ4n) is 2.76. The molecule has 0 aliphatic carbocycles. The average molecular weight is 339 g/mol. The molecule has 0 aliphatic rings. The molecule has 0 saturated carbocycles. The first kappa shape index (κ1) is 19.0. The monoisotopic (exact) mass is 339 g/mol. The predicted molar refractivity (Wildman–Crippen MR) is 103 cm³/mol. The number of rotatable bonds is 7. The van der Waals surface area contributed by atoms with Crippen LogP contribution in [0.4, 0.5) is 0 Å². The van der Waals surface area contributed by atoms with Gasteiger partial charge in [-0.3, -0.25) is 4.79 Å². The van der Waals surface area contributed by atoms with Gasteiger partial charge in [0.05, 0.1) is 6.04 Å². The molecular weight excluding hydrogens is 310 g/mol. The lowest BCUT2D eigenvalue weighted by Crippen LogP contribution is -2.39. The fraction of sp³-hybridized carbons (Fsp3) is 0.409. The molecule has 3 nitrogen and oxygen atoms in total. The highest BCUT2D eigenvalue weighted by molar-refractivity contribution is 5.81. The number of carbonyl (C=O) groups excluding carboxylic acids is 1. The van der Waals surface area contributed by atoms with E-state index in [2.05, 4.69) is 36.5 Å². The third-order valence-corrected chi connectivity index (χ3v) is 4.73. The second-order valence-corrected chi connectivity index (χ2v) is 6.54. The molecule has 0 heterocycles. The van der Waals surface area contributed by atoms with Gasteiger partial charge in [-0.25, -0.2) is 0 Å². The lowest BCUT2D eigenvalue weighted by Gasteiger charge is -2.22. The minimum Gasteiger partial charge on any atom is -0.480 e. The number of amides is 1. The van der Waals surface area contributed by atoms with Crippen molar-refractivity contribution in [2.24, 2.45) is 0 Å². The van der Waals surface area contributed by atoms with Crippen LogP contribution in [0.3, 0.4) is 0 Å². The van der Waals surface area contributed by atoms with E-state index in [1.54, 1.807) is 0 Å². The van der Waals surface area contributed by atoms with Gasteiger partial charge in [-0.15, -0.1) is 0 Å². The van der Waals surface area contributed by atoms with Crippen LogP contribution in [-0.2, 0) is 11.2 Å². The third kappa shape index (κ3) is 4.85. The second kappa shape index (κ2) is 8.70. The van der Waals surface area contributed by atoms with Crippen molar-refractivity contribution in [1.29, 1.82) is 0 Å². The molecule has 0 aromatic heterocycles. The van der Waals surface area contributed by atoms with Crippen molar-refractivity contribution in [2.45, 2.75) is 59.6 Å². The largest absolute Gasteiger partial charge is 0.480 e. The van der Waals surface area contributed by atoms with Crippen molar-refractivity contribution in [2.75, 3.05) is 0 Å². The van der Waals surface area contributed by atoms with Gasteiger partial charge in [-0.05, 0) is 61.9 Å². The van der Waals surface area contributed by atoms with Crippen LogP contribution >= 0.6 is 0 Å². The van der Waals surface area contributed by atoms with Crippen LogP contribution in [0.2, 0.25) is 0 Å². The first-order chi connectivity index (χ1) is 12.0. The number of hydrogen-bond acceptors (Lipinski definition) is 2. The summed E-state index contributed by atoms with van der Waals surface area (Å²) in [5, 5.41) is 3.08. The number of ether oxygens (including phenoxy) is 1. The Hall–Kier alpha value is -2.29. The summed E-state index contributed by atoms with van der Waals surface area (Å²) in [7, 11) is 0. The molecule has 1 N–H and O–H groups in total. The van der Waals surface area contributed by atoms with Gasteiger partial charge in [0.1, 0.15) is 5.75 Å². The molecule has 2 aromatic rings. The van der Waals surface area contributed by atoms with E-state index in [1.165, 1.54) is 5.56 Å². The Labute approximate surface area is 151 Å². The van der Waals surface area contributed by atoms with Crippen LogP contribution in [0, 0.1) is 13.8 Å². The molecule has 0 bridgehead atoms. The van der Waals surface area contributed by atoms with E-state index in [-0.39, 0.29) is 11.9 Å². The predicted octanol–water partition coefficient (Wildman–Crippen LogP) is 4.90.